The van der Waals surface area contributed by atoms with Gasteiger partial charge in [-0.05, 0) is 36.2 Å². The number of aromatic nitrogens is 3. The molecular weight excluding hydrogens is 406 g/mol. The fourth-order valence-electron chi connectivity index (χ4n) is 4.34. The zero-order valence-corrected chi connectivity index (χ0v) is 18.1. The predicted octanol–water partition coefficient (Wildman–Crippen LogP) is 3.02. The number of morpholine rings is 1. The molecule has 2 aromatic heterocycles. The van der Waals surface area contributed by atoms with Crippen molar-refractivity contribution in [2.24, 2.45) is 0 Å². The third-order valence-corrected chi connectivity index (χ3v) is 6.02. The van der Waals surface area contributed by atoms with Gasteiger partial charge in [0.05, 0.1) is 38.3 Å². The molecule has 0 bridgehead atoms. The highest BCUT2D eigenvalue weighted by Crippen LogP contribution is 2.44. The second kappa shape index (κ2) is 8.99. The lowest BCUT2D eigenvalue weighted by Gasteiger charge is -2.26. The number of nitrogens with one attached hydrogen (secondary N) is 1. The maximum atomic E-state index is 8.99. The molecular formula is C24H25N5O3. The second-order valence-electron chi connectivity index (χ2n) is 7.96. The first-order valence-electron chi connectivity index (χ1n) is 10.8. The van der Waals surface area contributed by atoms with Crippen molar-refractivity contribution in [3.63, 3.8) is 0 Å². The molecule has 3 aromatic rings. The van der Waals surface area contributed by atoms with Crippen LogP contribution in [0.3, 0.4) is 0 Å². The third-order valence-electron chi connectivity index (χ3n) is 6.02. The quantitative estimate of drug-likeness (QED) is 0.449. The largest absolute Gasteiger partial charge is 0.493 e. The molecule has 0 unspecified atom stereocenters. The van der Waals surface area contributed by atoms with Crippen LogP contribution in [0.15, 0.2) is 30.5 Å². The van der Waals surface area contributed by atoms with E-state index >= 15 is 0 Å². The number of hydrogen-bond acceptors (Lipinski definition) is 7. The van der Waals surface area contributed by atoms with E-state index in [0.717, 1.165) is 85.3 Å². The summed E-state index contributed by atoms with van der Waals surface area (Å²) in [6.07, 6.45) is 3.41. The monoisotopic (exact) mass is 431 g/mol. The Morgan fingerprint density at radius 3 is 2.84 bits per heavy atom. The Hall–Kier alpha value is -3.41. The Morgan fingerprint density at radius 1 is 1.22 bits per heavy atom. The minimum atomic E-state index is 0.393. The van der Waals surface area contributed by atoms with Gasteiger partial charge in [0.1, 0.15) is 11.8 Å². The molecule has 1 N–H and O–H groups in total. The number of nitrogens with zero attached hydrogens (tertiary/aromatic N) is 4. The van der Waals surface area contributed by atoms with E-state index in [1.54, 1.807) is 19.4 Å². The number of nitriles is 1. The van der Waals surface area contributed by atoms with E-state index in [0.29, 0.717) is 12.3 Å². The normalized spacial score (nSPS) is 15.1. The summed E-state index contributed by atoms with van der Waals surface area (Å²) in [4.78, 5) is 6.59. The summed E-state index contributed by atoms with van der Waals surface area (Å²) in [7, 11) is 1.67. The molecule has 0 amide bonds. The summed E-state index contributed by atoms with van der Waals surface area (Å²) in [5.41, 5.74) is 6.53. The van der Waals surface area contributed by atoms with Gasteiger partial charge in [0.25, 0.3) is 0 Å². The van der Waals surface area contributed by atoms with Crippen molar-refractivity contribution in [1.29, 1.82) is 5.26 Å². The van der Waals surface area contributed by atoms with E-state index in [-0.39, 0.29) is 0 Å². The Bertz CT molecular complexity index is 1140. The Labute approximate surface area is 186 Å². The molecule has 164 valence electrons. The predicted molar refractivity (Wildman–Crippen MR) is 119 cm³/mol. The van der Waals surface area contributed by atoms with Crippen molar-refractivity contribution in [3.05, 3.63) is 47.3 Å². The van der Waals surface area contributed by atoms with E-state index in [4.69, 9.17) is 19.5 Å². The van der Waals surface area contributed by atoms with Crippen LogP contribution in [-0.2, 0) is 11.2 Å². The molecule has 1 fully saturated rings. The summed E-state index contributed by atoms with van der Waals surface area (Å²) in [5, 5.41) is 16.7. The number of ether oxygens (including phenoxy) is 3. The molecule has 32 heavy (non-hydrogen) atoms. The smallest absolute Gasteiger partial charge is 0.161 e. The van der Waals surface area contributed by atoms with Crippen LogP contribution >= 0.6 is 0 Å². The van der Waals surface area contributed by atoms with Crippen molar-refractivity contribution in [3.8, 4) is 40.1 Å². The molecule has 8 nitrogen and oxygen atoms in total. The van der Waals surface area contributed by atoms with Gasteiger partial charge in [-0.3, -0.25) is 10.00 Å². The summed E-state index contributed by atoms with van der Waals surface area (Å²) < 4.78 is 17.1. The molecule has 5 rings (SSSR count). The first kappa shape index (κ1) is 20.5. The van der Waals surface area contributed by atoms with Gasteiger partial charge in [-0.2, -0.15) is 10.4 Å². The van der Waals surface area contributed by atoms with E-state index in [1.807, 2.05) is 18.2 Å². The summed E-state index contributed by atoms with van der Waals surface area (Å²) in [6.45, 7) is 5.26. The maximum absolute atomic E-state index is 8.99. The maximum Gasteiger partial charge on any atom is 0.161 e. The van der Waals surface area contributed by atoms with Crippen molar-refractivity contribution in [1.82, 2.24) is 20.1 Å². The fourth-order valence-corrected chi connectivity index (χ4v) is 4.34. The lowest BCUT2D eigenvalue weighted by molar-refractivity contribution is 0.0357. The van der Waals surface area contributed by atoms with Crippen molar-refractivity contribution in [2.45, 2.75) is 12.8 Å². The van der Waals surface area contributed by atoms with Crippen LogP contribution in [0.5, 0.6) is 11.5 Å². The highest BCUT2D eigenvalue weighted by molar-refractivity contribution is 5.82. The highest BCUT2D eigenvalue weighted by atomic mass is 16.5. The molecule has 0 atom stereocenters. The summed E-state index contributed by atoms with van der Waals surface area (Å²) >= 11 is 0. The molecule has 8 heteroatoms. The molecule has 1 aromatic carbocycles. The van der Waals surface area contributed by atoms with Crippen molar-refractivity contribution in [2.75, 3.05) is 46.6 Å². The Kier molecular flexibility index (Phi) is 5.75. The van der Waals surface area contributed by atoms with Crippen LogP contribution in [0.25, 0.3) is 22.5 Å². The SMILES string of the molecule is COc1cc2c(cc1OCCCN1CCOCC1)Cc1c(-c3ccc(C#N)nc3)n[nH]c1-2. The van der Waals surface area contributed by atoms with Gasteiger partial charge in [-0.15, -0.1) is 0 Å². The number of benzene rings is 1. The number of fused-ring (bicyclic) bond motifs is 3. The lowest BCUT2D eigenvalue weighted by Crippen LogP contribution is -2.37. The van der Waals surface area contributed by atoms with Crippen LogP contribution in [0.2, 0.25) is 0 Å². The number of pyridine rings is 1. The lowest BCUT2D eigenvalue weighted by atomic mass is 10.1. The molecule has 1 aliphatic heterocycles. The first-order chi connectivity index (χ1) is 15.8. The molecule has 1 saturated heterocycles. The van der Waals surface area contributed by atoms with E-state index in [1.165, 1.54) is 5.56 Å². The van der Waals surface area contributed by atoms with Gasteiger partial charge < -0.3 is 14.2 Å². The average Bonchev–Trinajstić information content (AvgIpc) is 3.41. The van der Waals surface area contributed by atoms with Gasteiger partial charge in [-0.1, -0.05) is 0 Å². The standard InChI is InChI=1S/C24H25N5O3/c1-30-21-13-19-17(12-22(21)32-8-2-5-29-6-9-31-10-7-29)11-20-23(27-28-24(19)20)16-3-4-18(14-25)26-15-16/h3-4,12-13,15H,2,5-11H2,1H3,(H,27,28). The number of aromatic amines is 1. The van der Waals surface area contributed by atoms with E-state index in [2.05, 4.69) is 26.1 Å². The number of methoxy groups -OCH3 is 1. The van der Waals surface area contributed by atoms with Crippen molar-refractivity contribution >= 4 is 0 Å². The van der Waals surface area contributed by atoms with Crippen LogP contribution in [0, 0.1) is 11.3 Å². The van der Waals surface area contributed by atoms with E-state index < -0.39 is 0 Å². The van der Waals surface area contributed by atoms with Crippen LogP contribution in [0.1, 0.15) is 23.2 Å². The Morgan fingerprint density at radius 2 is 2.09 bits per heavy atom. The van der Waals surface area contributed by atoms with Gasteiger partial charge in [0, 0.05) is 48.9 Å². The molecule has 3 heterocycles. The molecule has 0 spiro atoms. The minimum absolute atomic E-state index is 0.393. The molecule has 0 radical (unpaired) electrons. The summed E-state index contributed by atoms with van der Waals surface area (Å²) in [6, 6.07) is 9.75. The molecule has 1 aliphatic carbocycles. The van der Waals surface area contributed by atoms with E-state index in [9.17, 15) is 0 Å². The first-order valence-corrected chi connectivity index (χ1v) is 10.8. The second-order valence-corrected chi connectivity index (χ2v) is 7.96. The van der Waals surface area contributed by atoms with Crippen LogP contribution < -0.4 is 9.47 Å². The number of hydrogen-bond donors (Lipinski definition) is 1. The van der Waals surface area contributed by atoms with Crippen molar-refractivity contribution < 1.29 is 14.2 Å². The fraction of sp³-hybridized carbons (Fsp3) is 0.375. The number of H-pyrrole nitrogens is 1. The highest BCUT2D eigenvalue weighted by Gasteiger charge is 2.27. The summed E-state index contributed by atoms with van der Waals surface area (Å²) in [5.74, 6) is 1.49. The van der Waals surface area contributed by atoms with Gasteiger partial charge in [-0.25, -0.2) is 4.98 Å². The number of rotatable bonds is 7. The third kappa shape index (κ3) is 3.93. The van der Waals surface area contributed by atoms with Gasteiger partial charge >= 0.3 is 0 Å². The minimum Gasteiger partial charge on any atom is -0.493 e. The molecule has 2 aliphatic rings. The zero-order valence-electron chi connectivity index (χ0n) is 18.1. The average molecular weight is 431 g/mol. The van der Waals surface area contributed by atoms with Crippen LogP contribution in [-0.4, -0.2) is 66.6 Å². The van der Waals surface area contributed by atoms with Crippen LogP contribution in [0.4, 0.5) is 0 Å². The zero-order chi connectivity index (χ0) is 21.9. The van der Waals surface area contributed by atoms with Gasteiger partial charge in [0.2, 0.25) is 0 Å². The molecule has 0 saturated carbocycles. The Balaban J connectivity index is 1.31. The van der Waals surface area contributed by atoms with Gasteiger partial charge in [0.15, 0.2) is 11.5 Å². The topological polar surface area (TPSA) is 96.3 Å².